The molecule has 0 spiro atoms. The van der Waals surface area contributed by atoms with Gasteiger partial charge in [0.1, 0.15) is 0 Å². The summed E-state index contributed by atoms with van der Waals surface area (Å²) in [5, 5.41) is 10.2. The van der Waals surface area contributed by atoms with Crippen molar-refractivity contribution in [2.24, 2.45) is 0 Å². The van der Waals surface area contributed by atoms with Crippen molar-refractivity contribution in [1.82, 2.24) is 0 Å². The molecule has 0 aromatic rings. The van der Waals surface area contributed by atoms with E-state index in [1.54, 1.807) is 0 Å². The zero-order chi connectivity index (χ0) is 14.9. The summed E-state index contributed by atoms with van der Waals surface area (Å²) in [5.41, 5.74) is 0. The van der Waals surface area contributed by atoms with Gasteiger partial charge in [-0.3, -0.25) is 0 Å². The van der Waals surface area contributed by atoms with Crippen LogP contribution in [0.25, 0.3) is 0 Å². The van der Waals surface area contributed by atoms with Gasteiger partial charge in [0.15, 0.2) is 0 Å². The monoisotopic (exact) mass is 387 g/mol. The molecule has 0 unspecified atom stereocenters. The number of unbranched alkanes of at least 4 members (excludes halogenated alkanes) is 14. The van der Waals surface area contributed by atoms with Gasteiger partial charge in [0, 0.05) is 5.97 Å². The maximum Gasteiger partial charge on any atom is 2.00 e. The quantitative estimate of drug-likeness (QED) is 0.288. The number of carboxylic acids is 1. The second kappa shape index (κ2) is 27.7. The van der Waals surface area contributed by atoms with Gasteiger partial charge < -0.3 is 15.4 Å². The largest absolute Gasteiger partial charge is 2.00 e. The van der Waals surface area contributed by atoms with E-state index in [2.05, 4.69) is 6.92 Å². The number of aliphatic carboxylic acids is 1. The maximum absolute atomic E-state index is 10.2. The predicted molar refractivity (Wildman–Crippen MR) is 91.0 cm³/mol. The third-order valence-corrected chi connectivity index (χ3v) is 3.98. The fourth-order valence-electron chi connectivity index (χ4n) is 2.64. The van der Waals surface area contributed by atoms with Crippen molar-refractivity contribution in [3.8, 4) is 0 Å². The SMILES string of the molecule is CCCCCCCCCCCCCCCCCC(=O)[O-].[Mg+2].[O-2].[Zn+2]. The smallest absolute Gasteiger partial charge is 2.00 e. The molecule has 0 N–H and O–H groups in total. The zero-order valence-electron chi connectivity index (χ0n) is 15.5. The second-order valence-corrected chi connectivity index (χ2v) is 6.07. The number of hydrogen-bond acceptors (Lipinski definition) is 2. The average Bonchev–Trinajstić information content (AvgIpc) is 2.43. The summed E-state index contributed by atoms with van der Waals surface area (Å²) in [6.07, 6.45) is 19.9. The van der Waals surface area contributed by atoms with Crippen molar-refractivity contribution in [3.05, 3.63) is 0 Å². The fraction of sp³-hybridized carbons (Fsp3) is 0.944. The Morgan fingerprint density at radius 2 is 0.913 bits per heavy atom. The molecule has 0 atom stereocenters. The molecule has 0 aliphatic heterocycles. The summed E-state index contributed by atoms with van der Waals surface area (Å²) in [4.78, 5) is 10.2. The van der Waals surface area contributed by atoms with E-state index in [0.717, 1.165) is 12.8 Å². The average molecular weight is 389 g/mol. The van der Waals surface area contributed by atoms with Crippen LogP contribution in [0, 0.1) is 0 Å². The van der Waals surface area contributed by atoms with Crippen molar-refractivity contribution in [2.45, 2.75) is 110 Å². The van der Waals surface area contributed by atoms with Crippen molar-refractivity contribution >= 4 is 29.0 Å². The van der Waals surface area contributed by atoms with Crippen LogP contribution in [0.1, 0.15) is 110 Å². The van der Waals surface area contributed by atoms with Gasteiger partial charge in [-0.05, 0) is 12.8 Å². The molecular formula is C18H35MgO3Zn+. The summed E-state index contributed by atoms with van der Waals surface area (Å²) in [5.74, 6) is -0.903. The number of carbonyl (C=O) groups excluding carboxylic acids is 1. The van der Waals surface area contributed by atoms with Crippen molar-refractivity contribution in [3.63, 3.8) is 0 Å². The van der Waals surface area contributed by atoms with Crippen LogP contribution in [-0.4, -0.2) is 29.0 Å². The Morgan fingerprint density at radius 3 is 1.17 bits per heavy atom. The second-order valence-electron chi connectivity index (χ2n) is 6.07. The summed E-state index contributed by atoms with van der Waals surface area (Å²) in [6.45, 7) is 2.27. The van der Waals surface area contributed by atoms with Crippen LogP contribution < -0.4 is 5.11 Å². The molecule has 128 valence electrons. The van der Waals surface area contributed by atoms with E-state index in [0.29, 0.717) is 0 Å². The molecular weight excluding hydrogens is 354 g/mol. The molecule has 23 heavy (non-hydrogen) atoms. The summed E-state index contributed by atoms with van der Waals surface area (Å²) in [6, 6.07) is 0. The maximum atomic E-state index is 10.2. The first-order chi connectivity index (χ1) is 9.77. The van der Waals surface area contributed by atoms with Crippen molar-refractivity contribution in [1.29, 1.82) is 0 Å². The molecule has 0 saturated heterocycles. The summed E-state index contributed by atoms with van der Waals surface area (Å²) < 4.78 is 0. The van der Waals surface area contributed by atoms with E-state index in [1.165, 1.54) is 83.5 Å². The molecule has 0 heterocycles. The first-order valence-corrected chi connectivity index (χ1v) is 8.97. The third kappa shape index (κ3) is 31.1. The summed E-state index contributed by atoms with van der Waals surface area (Å²) in [7, 11) is 0. The number of hydrogen-bond donors (Lipinski definition) is 0. The van der Waals surface area contributed by atoms with Crippen molar-refractivity contribution < 1.29 is 34.9 Å². The molecule has 3 nitrogen and oxygen atoms in total. The van der Waals surface area contributed by atoms with Gasteiger partial charge in [-0.15, -0.1) is 0 Å². The van der Waals surface area contributed by atoms with Crippen LogP contribution in [0.15, 0.2) is 0 Å². The minimum absolute atomic E-state index is 0. The van der Waals surface area contributed by atoms with Crippen LogP contribution in [0.4, 0.5) is 0 Å². The van der Waals surface area contributed by atoms with Gasteiger partial charge in [-0.25, -0.2) is 0 Å². The molecule has 0 aromatic heterocycles. The first-order valence-electron chi connectivity index (χ1n) is 8.97. The van der Waals surface area contributed by atoms with Gasteiger partial charge in [0.25, 0.3) is 0 Å². The molecule has 0 bridgehead atoms. The van der Waals surface area contributed by atoms with Crippen LogP contribution in [0.3, 0.4) is 0 Å². The van der Waals surface area contributed by atoms with Crippen LogP contribution >= 0.6 is 0 Å². The van der Waals surface area contributed by atoms with E-state index in [-0.39, 0.29) is 54.4 Å². The minimum atomic E-state index is -0.903. The summed E-state index contributed by atoms with van der Waals surface area (Å²) >= 11 is 0. The Hall–Kier alpha value is 0.820. The molecule has 0 radical (unpaired) electrons. The molecule has 0 aromatic carbocycles. The molecule has 5 heteroatoms. The number of carboxylic acid groups (broad SMARTS) is 1. The van der Waals surface area contributed by atoms with E-state index in [1.807, 2.05) is 0 Å². The first kappa shape index (κ1) is 31.6. The van der Waals surface area contributed by atoms with Gasteiger partial charge in [0.05, 0.1) is 0 Å². The Morgan fingerprint density at radius 1 is 0.652 bits per heavy atom. The van der Waals surface area contributed by atoms with E-state index in [4.69, 9.17) is 0 Å². The van der Waals surface area contributed by atoms with Crippen LogP contribution in [0.5, 0.6) is 0 Å². The molecule has 0 fully saturated rings. The van der Waals surface area contributed by atoms with E-state index in [9.17, 15) is 9.90 Å². The van der Waals surface area contributed by atoms with Gasteiger partial charge >= 0.3 is 42.5 Å². The zero-order valence-corrected chi connectivity index (χ0v) is 19.8. The van der Waals surface area contributed by atoms with E-state index >= 15 is 0 Å². The molecule has 0 aliphatic rings. The predicted octanol–water partition coefficient (Wildman–Crippen LogP) is 4.50. The van der Waals surface area contributed by atoms with Crippen LogP contribution in [0.2, 0.25) is 0 Å². The topological polar surface area (TPSA) is 68.6 Å². The standard InChI is InChI=1S/C18H36O2.Mg.O.Zn/c1-2-3-4-5-6-7-8-9-10-11-12-13-14-15-16-17-18(19)20;;;/h2-17H2,1H3,(H,19,20);;;/q;+2;-2;+2/p-1. The normalized spacial score (nSPS) is 9.43. The molecule has 0 aliphatic carbocycles. The molecule has 0 saturated carbocycles. The third-order valence-electron chi connectivity index (χ3n) is 3.98. The molecule has 0 amide bonds. The van der Waals surface area contributed by atoms with Gasteiger partial charge in [0.2, 0.25) is 0 Å². The Labute approximate surface area is 173 Å². The number of carbonyl (C=O) groups is 1. The van der Waals surface area contributed by atoms with Crippen molar-refractivity contribution in [2.75, 3.05) is 0 Å². The van der Waals surface area contributed by atoms with Gasteiger partial charge in [-0.1, -0.05) is 96.8 Å². The molecule has 0 rings (SSSR count). The number of rotatable bonds is 16. The Kier molecular flexibility index (Phi) is 38.0. The van der Waals surface area contributed by atoms with Crippen LogP contribution in [-0.2, 0) is 29.7 Å². The van der Waals surface area contributed by atoms with Gasteiger partial charge in [-0.2, -0.15) is 0 Å². The Balaban J connectivity index is -0.000000602. The fourth-order valence-corrected chi connectivity index (χ4v) is 2.64. The minimum Gasteiger partial charge on any atom is -2.00 e. The van der Waals surface area contributed by atoms with E-state index < -0.39 is 5.97 Å². The Bertz CT molecular complexity index is 216.